The van der Waals surface area contributed by atoms with E-state index in [2.05, 4.69) is 30.2 Å². The third kappa shape index (κ3) is 4.36. The number of aromatic nitrogens is 4. The highest BCUT2D eigenvalue weighted by Gasteiger charge is 2.25. The van der Waals surface area contributed by atoms with Crippen molar-refractivity contribution in [3.05, 3.63) is 35.9 Å². The van der Waals surface area contributed by atoms with E-state index in [9.17, 15) is 4.79 Å². The van der Waals surface area contributed by atoms with Crippen LogP contribution in [-0.4, -0.2) is 76.2 Å². The van der Waals surface area contributed by atoms with Crippen LogP contribution < -0.4 is 10.2 Å². The minimum Gasteiger partial charge on any atom is -0.376 e. The van der Waals surface area contributed by atoms with Gasteiger partial charge < -0.3 is 19.9 Å². The van der Waals surface area contributed by atoms with Crippen LogP contribution in [0.15, 0.2) is 24.5 Å². The molecule has 2 aromatic heterocycles. The first-order valence-electron chi connectivity index (χ1n) is 9.71. The molecule has 0 radical (unpaired) electrons. The van der Waals surface area contributed by atoms with Gasteiger partial charge in [0, 0.05) is 57.4 Å². The third-order valence-electron chi connectivity index (χ3n) is 4.99. The van der Waals surface area contributed by atoms with E-state index < -0.39 is 0 Å². The van der Waals surface area contributed by atoms with E-state index in [1.165, 1.54) is 0 Å². The summed E-state index contributed by atoms with van der Waals surface area (Å²) in [5.41, 5.74) is 1.19. The molecule has 1 N–H and O–H groups in total. The molecule has 0 saturated carbocycles. The van der Waals surface area contributed by atoms with Crippen molar-refractivity contribution in [3.63, 3.8) is 0 Å². The van der Waals surface area contributed by atoms with Crippen LogP contribution in [-0.2, 0) is 4.74 Å². The molecule has 4 rings (SSSR count). The highest BCUT2D eigenvalue weighted by Crippen LogP contribution is 2.15. The van der Waals surface area contributed by atoms with Gasteiger partial charge in [0.15, 0.2) is 0 Å². The second-order valence-electron chi connectivity index (χ2n) is 7.06. The van der Waals surface area contributed by atoms with Gasteiger partial charge in [-0.3, -0.25) is 4.79 Å². The van der Waals surface area contributed by atoms with Gasteiger partial charge in [-0.25, -0.2) is 19.9 Å². The fourth-order valence-electron chi connectivity index (χ4n) is 3.49. The second kappa shape index (κ2) is 8.47. The van der Waals surface area contributed by atoms with Crippen molar-refractivity contribution >= 4 is 17.8 Å². The maximum atomic E-state index is 12.9. The van der Waals surface area contributed by atoms with Gasteiger partial charge in [-0.1, -0.05) is 0 Å². The molecule has 0 aliphatic carbocycles. The van der Waals surface area contributed by atoms with E-state index >= 15 is 0 Å². The summed E-state index contributed by atoms with van der Waals surface area (Å²) >= 11 is 0. The second-order valence-corrected chi connectivity index (χ2v) is 7.06. The van der Waals surface area contributed by atoms with E-state index in [1.54, 1.807) is 24.5 Å². The summed E-state index contributed by atoms with van der Waals surface area (Å²) in [6, 6.07) is 3.54. The fraction of sp³-hybridized carbons (Fsp3) is 0.526. The molecular weight excluding hydrogens is 358 g/mol. The zero-order valence-electron chi connectivity index (χ0n) is 16.0. The number of aryl methyl sites for hydroxylation is 1. The smallest absolute Gasteiger partial charge is 0.272 e. The lowest BCUT2D eigenvalue weighted by atomic mass is 10.2. The van der Waals surface area contributed by atoms with Crippen LogP contribution in [0.4, 0.5) is 11.9 Å². The van der Waals surface area contributed by atoms with Gasteiger partial charge in [0.25, 0.3) is 5.91 Å². The molecule has 9 heteroatoms. The monoisotopic (exact) mass is 383 g/mol. The average Bonchev–Trinajstić information content (AvgIpc) is 3.26. The summed E-state index contributed by atoms with van der Waals surface area (Å²) in [6.45, 7) is 5.96. The standard InChI is InChI=1S/C19H25N7O2/c1-14-12-16(24-18(23-14)22-13-15-4-2-11-28-15)17(27)25-7-9-26(10-8-25)19-20-5-3-6-21-19/h3,5-6,12,15H,2,4,7-11,13H2,1H3,(H,22,23,24). The SMILES string of the molecule is Cc1cc(C(=O)N2CCN(c3ncccn3)CC2)nc(NCC2CCCO2)n1. The fourth-order valence-corrected chi connectivity index (χ4v) is 3.49. The lowest BCUT2D eigenvalue weighted by Gasteiger charge is -2.34. The van der Waals surface area contributed by atoms with E-state index in [0.29, 0.717) is 50.3 Å². The lowest BCUT2D eigenvalue weighted by molar-refractivity contribution is 0.0740. The van der Waals surface area contributed by atoms with E-state index in [-0.39, 0.29) is 12.0 Å². The van der Waals surface area contributed by atoms with E-state index in [1.807, 2.05) is 11.8 Å². The number of hydrogen-bond donors (Lipinski definition) is 1. The van der Waals surface area contributed by atoms with Gasteiger partial charge in [0.05, 0.1) is 6.10 Å². The minimum atomic E-state index is -0.0701. The van der Waals surface area contributed by atoms with Crippen molar-refractivity contribution in [2.45, 2.75) is 25.9 Å². The molecule has 0 aromatic carbocycles. The summed E-state index contributed by atoms with van der Waals surface area (Å²) < 4.78 is 5.62. The molecule has 1 atom stereocenters. The Hall–Kier alpha value is -2.81. The molecule has 0 bridgehead atoms. The molecule has 2 aromatic rings. The first-order chi connectivity index (χ1) is 13.7. The topological polar surface area (TPSA) is 96.4 Å². The maximum Gasteiger partial charge on any atom is 0.272 e. The first-order valence-corrected chi connectivity index (χ1v) is 9.71. The normalized spacial score (nSPS) is 19.7. The highest BCUT2D eigenvalue weighted by atomic mass is 16.5. The van der Waals surface area contributed by atoms with Crippen molar-refractivity contribution in [1.29, 1.82) is 0 Å². The number of piperazine rings is 1. The Morgan fingerprint density at radius 3 is 2.71 bits per heavy atom. The molecule has 1 amide bonds. The molecule has 9 nitrogen and oxygen atoms in total. The molecule has 4 heterocycles. The van der Waals surface area contributed by atoms with Crippen molar-refractivity contribution in [3.8, 4) is 0 Å². The molecule has 28 heavy (non-hydrogen) atoms. The number of hydrogen-bond acceptors (Lipinski definition) is 8. The molecule has 1 unspecified atom stereocenters. The van der Waals surface area contributed by atoms with E-state index in [0.717, 1.165) is 25.1 Å². The molecule has 2 saturated heterocycles. The summed E-state index contributed by atoms with van der Waals surface area (Å²) in [5, 5.41) is 3.21. The maximum absolute atomic E-state index is 12.9. The molecule has 2 aliphatic rings. The van der Waals surface area contributed by atoms with Gasteiger partial charge in [-0.2, -0.15) is 0 Å². The predicted molar refractivity (Wildman–Crippen MR) is 104 cm³/mol. The Balaban J connectivity index is 1.37. The number of carbonyl (C=O) groups is 1. The third-order valence-corrected chi connectivity index (χ3v) is 4.99. The van der Waals surface area contributed by atoms with Crippen molar-refractivity contribution in [1.82, 2.24) is 24.8 Å². The zero-order valence-corrected chi connectivity index (χ0v) is 16.0. The summed E-state index contributed by atoms with van der Waals surface area (Å²) in [7, 11) is 0. The van der Waals surface area contributed by atoms with Crippen LogP contribution >= 0.6 is 0 Å². The molecular formula is C19H25N7O2. The number of nitrogens with zero attached hydrogens (tertiary/aromatic N) is 6. The van der Waals surface area contributed by atoms with Gasteiger partial charge in [0.2, 0.25) is 11.9 Å². The molecule has 0 spiro atoms. The number of rotatable bonds is 5. The predicted octanol–water partition coefficient (Wildman–Crippen LogP) is 1.13. The van der Waals surface area contributed by atoms with Crippen LogP contribution in [0.1, 0.15) is 29.0 Å². The summed E-state index contributed by atoms with van der Waals surface area (Å²) in [6.07, 6.45) is 5.78. The number of amides is 1. The van der Waals surface area contributed by atoms with Crippen LogP contribution in [0.3, 0.4) is 0 Å². The van der Waals surface area contributed by atoms with Crippen molar-refractivity contribution in [2.24, 2.45) is 0 Å². The lowest BCUT2D eigenvalue weighted by Crippen LogP contribution is -2.49. The Morgan fingerprint density at radius 1 is 1.21 bits per heavy atom. The average molecular weight is 383 g/mol. The molecule has 2 aliphatic heterocycles. The summed E-state index contributed by atoms with van der Waals surface area (Å²) in [5.74, 6) is 1.11. The number of anilines is 2. The number of carbonyl (C=O) groups excluding carboxylic acids is 1. The number of ether oxygens (including phenoxy) is 1. The van der Waals surface area contributed by atoms with Crippen LogP contribution in [0.5, 0.6) is 0 Å². The van der Waals surface area contributed by atoms with Crippen molar-refractivity contribution in [2.75, 3.05) is 49.5 Å². The minimum absolute atomic E-state index is 0.0701. The van der Waals surface area contributed by atoms with Gasteiger partial charge in [0.1, 0.15) is 5.69 Å². The Kier molecular flexibility index (Phi) is 5.61. The quantitative estimate of drug-likeness (QED) is 0.821. The summed E-state index contributed by atoms with van der Waals surface area (Å²) in [4.78, 5) is 34.3. The van der Waals surface area contributed by atoms with Gasteiger partial charge >= 0.3 is 0 Å². The highest BCUT2D eigenvalue weighted by molar-refractivity contribution is 5.92. The van der Waals surface area contributed by atoms with Crippen LogP contribution in [0, 0.1) is 6.92 Å². The van der Waals surface area contributed by atoms with Crippen LogP contribution in [0.25, 0.3) is 0 Å². The Bertz CT molecular complexity index is 803. The Labute approximate surface area is 164 Å². The Morgan fingerprint density at radius 2 is 2.00 bits per heavy atom. The number of nitrogens with one attached hydrogen (secondary N) is 1. The molecule has 148 valence electrons. The largest absolute Gasteiger partial charge is 0.376 e. The van der Waals surface area contributed by atoms with Gasteiger partial charge in [-0.15, -0.1) is 0 Å². The van der Waals surface area contributed by atoms with E-state index in [4.69, 9.17) is 4.74 Å². The van der Waals surface area contributed by atoms with Crippen molar-refractivity contribution < 1.29 is 9.53 Å². The first kappa shape index (κ1) is 18.5. The molecule has 2 fully saturated rings. The van der Waals surface area contributed by atoms with Crippen LogP contribution in [0.2, 0.25) is 0 Å². The van der Waals surface area contributed by atoms with Gasteiger partial charge in [-0.05, 0) is 31.9 Å². The zero-order chi connectivity index (χ0) is 19.3.